The zero-order valence-corrected chi connectivity index (χ0v) is 14.0. The Kier molecular flexibility index (Phi) is 6.13. The van der Waals surface area contributed by atoms with Gasteiger partial charge in [0.05, 0.1) is 5.56 Å². The van der Waals surface area contributed by atoms with Gasteiger partial charge in [-0.2, -0.15) is 0 Å². The third-order valence-electron chi connectivity index (χ3n) is 4.48. The maximum atomic E-state index is 12.0. The topological polar surface area (TPSA) is 65.5 Å². The predicted octanol–water partition coefficient (Wildman–Crippen LogP) is 3.24. The lowest BCUT2D eigenvalue weighted by molar-refractivity contribution is -0.159. The summed E-state index contributed by atoms with van der Waals surface area (Å²) in [6.07, 6.45) is 6.07. The van der Waals surface area contributed by atoms with Crippen molar-refractivity contribution in [2.75, 3.05) is 6.61 Å². The third kappa shape index (κ3) is 5.05. The van der Waals surface area contributed by atoms with Gasteiger partial charge in [-0.05, 0) is 42.7 Å². The van der Waals surface area contributed by atoms with E-state index in [-0.39, 0.29) is 12.7 Å². The molecule has 1 saturated carbocycles. The number of ether oxygens (including phenoxy) is 2. The van der Waals surface area contributed by atoms with Crippen LogP contribution in [0.1, 0.15) is 50.4 Å². The highest BCUT2D eigenvalue weighted by Crippen LogP contribution is 2.35. The first-order valence-electron chi connectivity index (χ1n) is 8.24. The Bertz CT molecular complexity index is 529. The molecule has 0 aliphatic heterocycles. The van der Waals surface area contributed by atoms with Gasteiger partial charge in [-0.3, -0.25) is 4.98 Å². The fourth-order valence-electron chi connectivity index (χ4n) is 3.15. The summed E-state index contributed by atoms with van der Waals surface area (Å²) < 4.78 is 10.6. The molecule has 0 aromatic carbocycles. The molecule has 1 aliphatic carbocycles. The molecule has 1 heterocycles. The molecule has 5 heteroatoms. The molecular formula is C18H25NO4. The van der Waals surface area contributed by atoms with Crippen LogP contribution >= 0.6 is 0 Å². The van der Waals surface area contributed by atoms with E-state index in [9.17, 15) is 9.59 Å². The number of carbonyl (C=O) groups is 2. The molecule has 126 valence electrons. The lowest BCUT2D eigenvalue weighted by Crippen LogP contribution is -2.36. The predicted molar refractivity (Wildman–Crippen MR) is 85.7 cm³/mol. The smallest absolute Gasteiger partial charge is 0.344 e. The van der Waals surface area contributed by atoms with Gasteiger partial charge >= 0.3 is 11.9 Å². The van der Waals surface area contributed by atoms with Gasteiger partial charge in [-0.15, -0.1) is 0 Å². The fourth-order valence-corrected chi connectivity index (χ4v) is 3.15. The Morgan fingerprint density at radius 3 is 2.61 bits per heavy atom. The van der Waals surface area contributed by atoms with Gasteiger partial charge in [0.1, 0.15) is 6.10 Å². The lowest BCUT2D eigenvalue weighted by Gasteiger charge is -2.36. The molecule has 1 aromatic heterocycles. The molecule has 0 radical (unpaired) electrons. The molecule has 0 saturated heterocycles. The van der Waals surface area contributed by atoms with Crippen molar-refractivity contribution < 1.29 is 19.1 Å². The zero-order valence-electron chi connectivity index (χ0n) is 14.0. The van der Waals surface area contributed by atoms with Crippen molar-refractivity contribution in [3.05, 3.63) is 30.1 Å². The van der Waals surface area contributed by atoms with Crippen molar-refractivity contribution in [1.82, 2.24) is 4.98 Å². The lowest BCUT2D eigenvalue weighted by atomic mass is 9.75. The average molecular weight is 319 g/mol. The number of carbonyl (C=O) groups excluding carboxylic acids is 2. The number of nitrogens with zero attached hydrogens (tertiary/aromatic N) is 1. The van der Waals surface area contributed by atoms with Gasteiger partial charge in [0.2, 0.25) is 0 Å². The van der Waals surface area contributed by atoms with Crippen LogP contribution in [0.15, 0.2) is 24.5 Å². The summed E-state index contributed by atoms with van der Waals surface area (Å²) in [4.78, 5) is 27.7. The molecular weight excluding hydrogens is 294 g/mol. The van der Waals surface area contributed by atoms with Gasteiger partial charge in [0, 0.05) is 12.4 Å². The maximum Gasteiger partial charge on any atom is 0.344 e. The molecule has 3 atom stereocenters. The molecule has 2 rings (SSSR count). The van der Waals surface area contributed by atoms with E-state index in [1.54, 1.807) is 12.1 Å². The first-order valence-corrected chi connectivity index (χ1v) is 8.24. The first-order chi connectivity index (χ1) is 11.0. The van der Waals surface area contributed by atoms with Crippen LogP contribution in [0.4, 0.5) is 0 Å². The number of hydrogen-bond acceptors (Lipinski definition) is 5. The fraction of sp³-hybridized carbons (Fsp3) is 0.611. The second-order valence-corrected chi connectivity index (χ2v) is 6.67. The van der Waals surface area contributed by atoms with Gasteiger partial charge in [-0.1, -0.05) is 27.2 Å². The van der Waals surface area contributed by atoms with Crippen molar-refractivity contribution in [2.45, 2.75) is 46.1 Å². The van der Waals surface area contributed by atoms with Crippen LogP contribution in [0.5, 0.6) is 0 Å². The standard InChI is InChI=1S/C18H25NO4/c1-12(2)15-5-4-13(3)10-16(15)23-17(20)11-22-18(21)14-6-8-19-9-7-14/h6-9,12-13,15-16H,4-5,10-11H2,1-3H3/t13-,15+,16+/m1/s1. The summed E-state index contributed by atoms with van der Waals surface area (Å²) in [6.45, 7) is 6.15. The van der Waals surface area contributed by atoms with Gasteiger partial charge in [0.15, 0.2) is 6.61 Å². The van der Waals surface area contributed by atoms with Crippen molar-refractivity contribution in [3.8, 4) is 0 Å². The first kappa shape index (κ1) is 17.4. The van der Waals surface area contributed by atoms with Crippen molar-refractivity contribution >= 4 is 11.9 Å². The van der Waals surface area contributed by atoms with E-state index in [1.165, 1.54) is 18.8 Å². The molecule has 1 aromatic rings. The number of rotatable bonds is 5. The Morgan fingerprint density at radius 2 is 1.96 bits per heavy atom. The highest BCUT2D eigenvalue weighted by atomic mass is 16.6. The van der Waals surface area contributed by atoms with E-state index in [0.29, 0.717) is 23.3 Å². The van der Waals surface area contributed by atoms with Gasteiger partial charge in [-0.25, -0.2) is 9.59 Å². The Hall–Kier alpha value is -1.91. The molecule has 0 bridgehead atoms. The summed E-state index contributed by atoms with van der Waals surface area (Å²) in [5.41, 5.74) is 0.374. The number of aromatic nitrogens is 1. The maximum absolute atomic E-state index is 12.0. The molecule has 0 spiro atoms. The van der Waals surface area contributed by atoms with Crippen molar-refractivity contribution in [3.63, 3.8) is 0 Å². The number of pyridine rings is 1. The van der Waals surface area contributed by atoms with E-state index in [0.717, 1.165) is 12.8 Å². The average Bonchev–Trinajstić information content (AvgIpc) is 2.53. The van der Waals surface area contributed by atoms with Crippen LogP contribution in [-0.2, 0) is 14.3 Å². The van der Waals surface area contributed by atoms with E-state index in [2.05, 4.69) is 25.8 Å². The summed E-state index contributed by atoms with van der Waals surface area (Å²) in [5, 5.41) is 0. The summed E-state index contributed by atoms with van der Waals surface area (Å²) in [6, 6.07) is 3.09. The molecule has 1 fully saturated rings. The minimum absolute atomic E-state index is 0.0779. The van der Waals surface area contributed by atoms with Crippen LogP contribution in [0.2, 0.25) is 0 Å². The Labute approximate surface area is 137 Å². The van der Waals surface area contributed by atoms with E-state index in [1.807, 2.05) is 0 Å². The minimum Gasteiger partial charge on any atom is -0.460 e. The third-order valence-corrected chi connectivity index (χ3v) is 4.48. The number of hydrogen-bond donors (Lipinski definition) is 0. The van der Waals surface area contributed by atoms with Gasteiger partial charge < -0.3 is 9.47 Å². The highest BCUT2D eigenvalue weighted by molar-refractivity contribution is 5.90. The largest absolute Gasteiger partial charge is 0.460 e. The summed E-state index contributed by atoms with van der Waals surface area (Å²) >= 11 is 0. The van der Waals surface area contributed by atoms with Crippen LogP contribution in [-0.4, -0.2) is 29.6 Å². The normalized spacial score (nSPS) is 24.3. The van der Waals surface area contributed by atoms with E-state index >= 15 is 0 Å². The molecule has 0 N–H and O–H groups in total. The van der Waals surface area contributed by atoms with Crippen LogP contribution in [0.3, 0.4) is 0 Å². The second-order valence-electron chi connectivity index (χ2n) is 6.67. The van der Waals surface area contributed by atoms with Crippen LogP contribution in [0.25, 0.3) is 0 Å². The quantitative estimate of drug-likeness (QED) is 0.780. The molecule has 5 nitrogen and oxygen atoms in total. The second kappa shape index (κ2) is 8.09. The van der Waals surface area contributed by atoms with E-state index < -0.39 is 11.9 Å². The molecule has 0 unspecified atom stereocenters. The molecule has 1 aliphatic rings. The minimum atomic E-state index is -0.540. The highest BCUT2D eigenvalue weighted by Gasteiger charge is 2.33. The van der Waals surface area contributed by atoms with E-state index in [4.69, 9.17) is 9.47 Å². The zero-order chi connectivity index (χ0) is 16.8. The Morgan fingerprint density at radius 1 is 1.26 bits per heavy atom. The monoisotopic (exact) mass is 319 g/mol. The van der Waals surface area contributed by atoms with Crippen molar-refractivity contribution in [1.29, 1.82) is 0 Å². The number of esters is 2. The van der Waals surface area contributed by atoms with Gasteiger partial charge in [0.25, 0.3) is 0 Å². The van der Waals surface area contributed by atoms with Crippen LogP contribution in [0, 0.1) is 17.8 Å². The van der Waals surface area contributed by atoms with Crippen molar-refractivity contribution in [2.24, 2.45) is 17.8 Å². The summed E-state index contributed by atoms with van der Waals surface area (Å²) in [7, 11) is 0. The Balaban J connectivity index is 1.84. The molecule has 0 amide bonds. The molecule has 23 heavy (non-hydrogen) atoms. The summed E-state index contributed by atoms with van der Waals surface area (Å²) in [5.74, 6) is 0.395. The van der Waals surface area contributed by atoms with Crippen LogP contribution < -0.4 is 0 Å². The SMILES string of the molecule is CC(C)[C@@H]1CC[C@@H](C)C[C@@H]1OC(=O)COC(=O)c1ccncc1.